The molecule has 120 valence electrons. The number of nitrogens with zero attached hydrogens (tertiary/aromatic N) is 1. The molecule has 1 aromatic rings. The predicted molar refractivity (Wildman–Crippen MR) is 89.9 cm³/mol. The zero-order chi connectivity index (χ0) is 15.8. The molecule has 0 aromatic heterocycles. The summed E-state index contributed by atoms with van der Waals surface area (Å²) in [5, 5.41) is 3.20. The van der Waals surface area contributed by atoms with Gasteiger partial charge in [-0.2, -0.15) is 0 Å². The number of carbonyl (C=O) groups excluding carboxylic acids is 1. The van der Waals surface area contributed by atoms with Gasteiger partial charge in [0.2, 0.25) is 5.91 Å². The van der Waals surface area contributed by atoms with Crippen LogP contribution >= 0.6 is 0 Å². The number of hydrogen-bond donors (Lipinski definition) is 1. The van der Waals surface area contributed by atoms with E-state index < -0.39 is 0 Å². The van der Waals surface area contributed by atoms with Crippen LogP contribution in [0.4, 0.5) is 0 Å². The molecule has 1 aromatic carbocycles. The summed E-state index contributed by atoms with van der Waals surface area (Å²) in [6.45, 7) is 5.26. The molecule has 1 saturated heterocycles. The minimum absolute atomic E-state index is 0.0899. The summed E-state index contributed by atoms with van der Waals surface area (Å²) in [4.78, 5) is 14.3. The molecule has 2 rings (SSSR count). The van der Waals surface area contributed by atoms with Crippen LogP contribution in [0.1, 0.15) is 25.3 Å². The zero-order valence-electron chi connectivity index (χ0n) is 13.5. The van der Waals surface area contributed by atoms with Gasteiger partial charge in [0.15, 0.2) is 0 Å². The molecular formula is C18H26N2O2. The van der Waals surface area contributed by atoms with Crippen molar-refractivity contribution in [3.8, 4) is 5.75 Å². The first-order valence-electron chi connectivity index (χ1n) is 8.08. The van der Waals surface area contributed by atoms with Gasteiger partial charge < -0.3 is 15.0 Å². The molecule has 4 nitrogen and oxygen atoms in total. The summed E-state index contributed by atoms with van der Waals surface area (Å²) >= 11 is 0. The number of hydrogen-bond acceptors (Lipinski definition) is 3. The highest BCUT2D eigenvalue weighted by molar-refractivity contribution is 5.92. The monoisotopic (exact) mass is 302 g/mol. The fraction of sp³-hybridized carbons (Fsp3) is 0.500. The van der Waals surface area contributed by atoms with Gasteiger partial charge in [-0.15, -0.1) is 0 Å². The van der Waals surface area contributed by atoms with E-state index in [1.54, 1.807) is 6.08 Å². The van der Waals surface area contributed by atoms with E-state index in [2.05, 4.69) is 5.32 Å². The van der Waals surface area contributed by atoms with Crippen LogP contribution in [0.3, 0.4) is 0 Å². The number of piperidine rings is 1. The van der Waals surface area contributed by atoms with Gasteiger partial charge in [0.25, 0.3) is 0 Å². The normalized spacial score (nSPS) is 18.6. The number of ether oxygens (including phenoxy) is 1. The number of benzene rings is 1. The molecule has 0 bridgehead atoms. The Kier molecular flexibility index (Phi) is 6.46. The average molecular weight is 302 g/mol. The van der Waals surface area contributed by atoms with Crippen LogP contribution in [0.2, 0.25) is 0 Å². The van der Waals surface area contributed by atoms with Crippen molar-refractivity contribution < 1.29 is 9.53 Å². The van der Waals surface area contributed by atoms with Crippen molar-refractivity contribution in [2.75, 3.05) is 33.3 Å². The molecule has 1 aliphatic heterocycles. The zero-order valence-corrected chi connectivity index (χ0v) is 13.5. The summed E-state index contributed by atoms with van der Waals surface area (Å²) in [6.07, 6.45) is 5.80. The van der Waals surface area contributed by atoms with Crippen LogP contribution in [-0.2, 0) is 4.79 Å². The number of para-hydroxylation sites is 1. The lowest BCUT2D eigenvalue weighted by Crippen LogP contribution is -2.41. The Morgan fingerprint density at radius 1 is 1.45 bits per heavy atom. The van der Waals surface area contributed by atoms with Crippen molar-refractivity contribution in [3.05, 3.63) is 35.9 Å². The summed E-state index contributed by atoms with van der Waals surface area (Å²) < 4.78 is 5.58. The topological polar surface area (TPSA) is 41.6 Å². The average Bonchev–Trinajstić information content (AvgIpc) is 2.54. The van der Waals surface area contributed by atoms with Crippen LogP contribution in [-0.4, -0.2) is 44.1 Å². The molecule has 1 aliphatic rings. The van der Waals surface area contributed by atoms with Crippen LogP contribution in [0, 0.1) is 5.92 Å². The van der Waals surface area contributed by atoms with E-state index in [0.29, 0.717) is 12.5 Å². The smallest absolute Gasteiger partial charge is 0.246 e. The highest BCUT2D eigenvalue weighted by Gasteiger charge is 2.21. The van der Waals surface area contributed by atoms with E-state index in [0.717, 1.165) is 37.4 Å². The molecule has 1 N–H and O–H groups in total. The van der Waals surface area contributed by atoms with E-state index in [-0.39, 0.29) is 5.91 Å². The van der Waals surface area contributed by atoms with Gasteiger partial charge in [-0.25, -0.2) is 0 Å². The molecule has 0 radical (unpaired) electrons. The van der Waals surface area contributed by atoms with E-state index in [1.165, 1.54) is 6.42 Å². The molecule has 4 heteroatoms. The SMILES string of the molecule is CCOc1ccccc1C=CC(=O)N1CCCC(CNC)C1. The Morgan fingerprint density at radius 3 is 3.05 bits per heavy atom. The van der Waals surface area contributed by atoms with Crippen LogP contribution in [0.25, 0.3) is 6.08 Å². The maximum Gasteiger partial charge on any atom is 0.246 e. The van der Waals surface area contributed by atoms with Gasteiger partial charge in [0, 0.05) is 24.7 Å². The first kappa shape index (κ1) is 16.6. The molecule has 1 unspecified atom stereocenters. The van der Waals surface area contributed by atoms with Crippen LogP contribution in [0.15, 0.2) is 30.3 Å². The van der Waals surface area contributed by atoms with E-state index in [1.807, 2.05) is 49.2 Å². The standard InChI is InChI=1S/C18H26N2O2/c1-3-22-17-9-5-4-8-16(17)10-11-18(21)20-12-6-7-15(14-20)13-19-2/h4-5,8-11,15,19H,3,6-7,12-14H2,1-2H3. The molecule has 1 heterocycles. The number of carbonyl (C=O) groups is 1. The molecule has 1 amide bonds. The molecular weight excluding hydrogens is 276 g/mol. The van der Waals surface area contributed by atoms with Crippen molar-refractivity contribution >= 4 is 12.0 Å². The van der Waals surface area contributed by atoms with Crippen LogP contribution < -0.4 is 10.1 Å². The number of nitrogens with one attached hydrogen (secondary N) is 1. The lowest BCUT2D eigenvalue weighted by molar-refractivity contribution is -0.127. The molecule has 1 fully saturated rings. The summed E-state index contributed by atoms with van der Waals surface area (Å²) in [5.41, 5.74) is 0.946. The van der Waals surface area contributed by atoms with Gasteiger partial charge in [-0.1, -0.05) is 18.2 Å². The Morgan fingerprint density at radius 2 is 2.27 bits per heavy atom. The van der Waals surface area contributed by atoms with E-state index in [4.69, 9.17) is 4.74 Å². The Labute approximate surface area is 133 Å². The second kappa shape index (κ2) is 8.59. The summed E-state index contributed by atoms with van der Waals surface area (Å²) in [6, 6.07) is 7.79. The first-order valence-corrected chi connectivity index (χ1v) is 8.08. The van der Waals surface area contributed by atoms with Gasteiger partial charge in [-0.3, -0.25) is 4.79 Å². The maximum atomic E-state index is 12.4. The second-order valence-corrected chi connectivity index (χ2v) is 5.65. The van der Waals surface area contributed by atoms with Gasteiger partial charge >= 0.3 is 0 Å². The number of rotatable bonds is 6. The summed E-state index contributed by atoms with van der Waals surface area (Å²) in [5.74, 6) is 1.47. The van der Waals surface area contributed by atoms with E-state index in [9.17, 15) is 4.79 Å². The maximum absolute atomic E-state index is 12.4. The second-order valence-electron chi connectivity index (χ2n) is 5.65. The van der Waals surface area contributed by atoms with Crippen LogP contribution in [0.5, 0.6) is 5.75 Å². The fourth-order valence-corrected chi connectivity index (χ4v) is 2.89. The minimum Gasteiger partial charge on any atom is -0.493 e. The fourth-order valence-electron chi connectivity index (χ4n) is 2.89. The van der Waals surface area contributed by atoms with Crippen molar-refractivity contribution in [3.63, 3.8) is 0 Å². The Balaban J connectivity index is 1.99. The highest BCUT2D eigenvalue weighted by Crippen LogP contribution is 2.20. The quantitative estimate of drug-likeness (QED) is 0.821. The third-order valence-corrected chi connectivity index (χ3v) is 3.95. The largest absolute Gasteiger partial charge is 0.493 e. The van der Waals surface area contributed by atoms with Crippen molar-refractivity contribution in [1.29, 1.82) is 0 Å². The molecule has 1 atom stereocenters. The number of likely N-dealkylation sites (tertiary alicyclic amines) is 1. The van der Waals surface area contributed by atoms with Gasteiger partial charge in [0.1, 0.15) is 5.75 Å². The Hall–Kier alpha value is -1.81. The lowest BCUT2D eigenvalue weighted by atomic mass is 9.98. The van der Waals surface area contributed by atoms with Crippen molar-refractivity contribution in [1.82, 2.24) is 10.2 Å². The number of amides is 1. The predicted octanol–water partition coefficient (Wildman–Crippen LogP) is 2.56. The third kappa shape index (κ3) is 4.60. The first-order chi connectivity index (χ1) is 10.7. The lowest BCUT2D eigenvalue weighted by Gasteiger charge is -2.32. The third-order valence-electron chi connectivity index (χ3n) is 3.95. The molecule has 0 spiro atoms. The molecule has 0 aliphatic carbocycles. The van der Waals surface area contributed by atoms with Crippen molar-refractivity contribution in [2.45, 2.75) is 19.8 Å². The summed E-state index contributed by atoms with van der Waals surface area (Å²) in [7, 11) is 1.96. The molecule has 0 saturated carbocycles. The van der Waals surface area contributed by atoms with E-state index >= 15 is 0 Å². The Bertz CT molecular complexity index is 512. The van der Waals surface area contributed by atoms with Gasteiger partial charge in [-0.05, 0) is 51.4 Å². The molecule has 22 heavy (non-hydrogen) atoms. The van der Waals surface area contributed by atoms with Gasteiger partial charge in [0.05, 0.1) is 6.61 Å². The van der Waals surface area contributed by atoms with Crippen molar-refractivity contribution in [2.24, 2.45) is 5.92 Å². The highest BCUT2D eigenvalue weighted by atomic mass is 16.5. The minimum atomic E-state index is 0.0899.